The first-order valence-electron chi connectivity index (χ1n) is 6.82. The van der Waals surface area contributed by atoms with E-state index in [0.29, 0.717) is 17.5 Å². The van der Waals surface area contributed by atoms with Gasteiger partial charge < -0.3 is 4.74 Å². The molecule has 0 aromatic heterocycles. The number of carbonyl (C=O) groups is 1. The first kappa shape index (κ1) is 12.2. The molecule has 1 heterocycles. The fourth-order valence-corrected chi connectivity index (χ4v) is 2.67. The molecule has 0 radical (unpaired) electrons. The third-order valence-electron chi connectivity index (χ3n) is 3.82. The molecular weight excluding hydrogens is 238 g/mol. The van der Waals surface area contributed by atoms with E-state index in [1.54, 1.807) is 0 Å². The molecule has 1 fully saturated rings. The average molecular weight is 255 g/mol. The van der Waals surface area contributed by atoms with Crippen LogP contribution in [0.15, 0.2) is 35.0 Å². The zero-order chi connectivity index (χ0) is 13.2. The van der Waals surface area contributed by atoms with Gasteiger partial charge >= 0.3 is 5.97 Å². The first-order chi connectivity index (χ1) is 9.24. The largest absolute Gasteiger partial charge is 0.406 e. The van der Waals surface area contributed by atoms with E-state index in [4.69, 9.17) is 4.74 Å². The predicted molar refractivity (Wildman–Crippen MR) is 74.6 cm³/mol. The number of ether oxygens (including phenoxy) is 1. The zero-order valence-corrected chi connectivity index (χ0v) is 11.1. The van der Waals surface area contributed by atoms with Gasteiger partial charge in [-0.3, -0.25) is 0 Å². The Morgan fingerprint density at radius 3 is 2.74 bits per heavy atom. The minimum atomic E-state index is -0.315. The van der Waals surface area contributed by atoms with Crippen molar-refractivity contribution in [2.75, 3.05) is 0 Å². The highest BCUT2D eigenvalue weighted by atomic mass is 16.6. The fourth-order valence-electron chi connectivity index (χ4n) is 2.67. The SMILES string of the molecule is Cc1ccccc1/C=C1\N=C(C2CCCC2)OC1=O. The van der Waals surface area contributed by atoms with Gasteiger partial charge in [0.25, 0.3) is 0 Å². The van der Waals surface area contributed by atoms with E-state index in [0.717, 1.165) is 24.0 Å². The number of hydrogen-bond donors (Lipinski definition) is 0. The number of cyclic esters (lactones) is 1. The van der Waals surface area contributed by atoms with Gasteiger partial charge in [0, 0.05) is 5.92 Å². The predicted octanol–water partition coefficient (Wildman–Crippen LogP) is 3.48. The second-order valence-corrected chi connectivity index (χ2v) is 5.21. The Labute approximate surface area is 113 Å². The van der Waals surface area contributed by atoms with Gasteiger partial charge in [0.1, 0.15) is 0 Å². The summed E-state index contributed by atoms with van der Waals surface area (Å²) in [6.07, 6.45) is 6.41. The van der Waals surface area contributed by atoms with Crippen LogP contribution in [0.1, 0.15) is 36.8 Å². The molecule has 1 aromatic carbocycles. The number of carbonyl (C=O) groups excluding carboxylic acids is 1. The zero-order valence-electron chi connectivity index (χ0n) is 11.1. The van der Waals surface area contributed by atoms with Gasteiger partial charge in [-0.1, -0.05) is 37.1 Å². The van der Waals surface area contributed by atoms with Crippen molar-refractivity contribution >= 4 is 17.9 Å². The summed E-state index contributed by atoms with van der Waals surface area (Å²) in [7, 11) is 0. The van der Waals surface area contributed by atoms with Crippen molar-refractivity contribution in [3.63, 3.8) is 0 Å². The summed E-state index contributed by atoms with van der Waals surface area (Å²) in [6.45, 7) is 2.02. The normalized spacial score (nSPS) is 21.8. The molecule has 3 nitrogen and oxygen atoms in total. The maximum Gasteiger partial charge on any atom is 0.363 e. The van der Waals surface area contributed by atoms with Crippen molar-refractivity contribution in [2.24, 2.45) is 10.9 Å². The maximum absolute atomic E-state index is 11.9. The summed E-state index contributed by atoms with van der Waals surface area (Å²) in [5.74, 6) is 0.652. The highest BCUT2D eigenvalue weighted by molar-refractivity contribution is 6.07. The van der Waals surface area contributed by atoms with Gasteiger partial charge in [0.05, 0.1) is 0 Å². The molecular formula is C16H17NO2. The van der Waals surface area contributed by atoms with E-state index < -0.39 is 0 Å². The second kappa shape index (κ2) is 5.00. The Balaban J connectivity index is 1.88. The molecule has 2 aliphatic rings. The number of rotatable bonds is 2. The smallest absolute Gasteiger partial charge is 0.363 e. The van der Waals surface area contributed by atoms with Gasteiger partial charge in [-0.15, -0.1) is 0 Å². The van der Waals surface area contributed by atoms with E-state index in [9.17, 15) is 4.79 Å². The molecule has 19 heavy (non-hydrogen) atoms. The average Bonchev–Trinajstić information content (AvgIpc) is 3.02. The molecule has 0 N–H and O–H groups in total. The van der Waals surface area contributed by atoms with Crippen molar-refractivity contribution in [1.82, 2.24) is 0 Å². The molecule has 1 aliphatic heterocycles. The molecule has 0 unspecified atom stereocenters. The van der Waals surface area contributed by atoms with Crippen molar-refractivity contribution < 1.29 is 9.53 Å². The molecule has 98 valence electrons. The highest BCUT2D eigenvalue weighted by Crippen LogP contribution is 2.30. The lowest BCUT2D eigenvalue weighted by molar-refractivity contribution is -0.130. The van der Waals surface area contributed by atoms with Crippen LogP contribution in [0.4, 0.5) is 0 Å². The van der Waals surface area contributed by atoms with Crippen molar-refractivity contribution in [3.05, 3.63) is 41.1 Å². The van der Waals surface area contributed by atoms with Gasteiger partial charge in [-0.2, -0.15) is 0 Å². The Morgan fingerprint density at radius 1 is 1.26 bits per heavy atom. The van der Waals surface area contributed by atoms with Crippen LogP contribution in [0.5, 0.6) is 0 Å². The van der Waals surface area contributed by atoms with E-state index in [2.05, 4.69) is 4.99 Å². The Kier molecular flexibility index (Phi) is 3.20. The Bertz CT molecular complexity index is 566. The third kappa shape index (κ3) is 2.46. The van der Waals surface area contributed by atoms with Crippen LogP contribution in [-0.4, -0.2) is 11.9 Å². The van der Waals surface area contributed by atoms with Crippen LogP contribution < -0.4 is 0 Å². The molecule has 0 bridgehead atoms. The van der Waals surface area contributed by atoms with Gasteiger partial charge in [-0.25, -0.2) is 9.79 Å². The molecule has 0 spiro atoms. The maximum atomic E-state index is 11.9. The van der Waals surface area contributed by atoms with Crippen LogP contribution >= 0.6 is 0 Å². The number of aliphatic imine (C=N–C) groups is 1. The second-order valence-electron chi connectivity index (χ2n) is 5.21. The number of benzene rings is 1. The number of hydrogen-bond acceptors (Lipinski definition) is 3. The molecule has 3 rings (SSSR count). The van der Waals surface area contributed by atoms with Gasteiger partial charge in [-0.05, 0) is 37.0 Å². The lowest BCUT2D eigenvalue weighted by Crippen LogP contribution is -2.12. The highest BCUT2D eigenvalue weighted by Gasteiger charge is 2.30. The molecule has 0 amide bonds. The lowest BCUT2D eigenvalue weighted by atomic mass is 10.1. The number of esters is 1. The summed E-state index contributed by atoms with van der Waals surface area (Å²) < 4.78 is 5.31. The van der Waals surface area contributed by atoms with Crippen molar-refractivity contribution in [1.29, 1.82) is 0 Å². The topological polar surface area (TPSA) is 38.7 Å². The summed E-state index contributed by atoms with van der Waals surface area (Å²) in [5, 5.41) is 0. The Morgan fingerprint density at radius 2 is 2.00 bits per heavy atom. The van der Waals surface area contributed by atoms with E-state index in [1.165, 1.54) is 12.8 Å². The molecule has 1 aliphatic carbocycles. The summed E-state index contributed by atoms with van der Waals surface area (Å²) in [4.78, 5) is 16.2. The van der Waals surface area contributed by atoms with Gasteiger partial charge in [0.2, 0.25) is 5.90 Å². The minimum Gasteiger partial charge on any atom is -0.406 e. The van der Waals surface area contributed by atoms with Crippen LogP contribution in [0, 0.1) is 12.8 Å². The van der Waals surface area contributed by atoms with E-state index in [-0.39, 0.29) is 5.97 Å². The summed E-state index contributed by atoms with van der Waals surface area (Å²) >= 11 is 0. The lowest BCUT2D eigenvalue weighted by Gasteiger charge is -2.05. The number of nitrogens with zero attached hydrogens (tertiary/aromatic N) is 1. The molecule has 3 heteroatoms. The standard InChI is InChI=1S/C16H17NO2/c1-11-6-2-3-9-13(11)10-14-16(18)19-15(17-14)12-7-4-5-8-12/h2-3,6,9-10,12H,4-5,7-8H2,1H3/b14-10-. The Hall–Kier alpha value is -1.90. The monoisotopic (exact) mass is 255 g/mol. The van der Waals surface area contributed by atoms with Crippen molar-refractivity contribution in [3.8, 4) is 0 Å². The van der Waals surface area contributed by atoms with Crippen LogP contribution in [0.2, 0.25) is 0 Å². The van der Waals surface area contributed by atoms with E-state index >= 15 is 0 Å². The fraction of sp³-hybridized carbons (Fsp3) is 0.375. The number of aryl methyl sites for hydroxylation is 1. The molecule has 1 saturated carbocycles. The van der Waals surface area contributed by atoms with Crippen LogP contribution in [-0.2, 0) is 9.53 Å². The third-order valence-corrected chi connectivity index (χ3v) is 3.82. The minimum absolute atomic E-state index is 0.315. The summed E-state index contributed by atoms with van der Waals surface area (Å²) in [5.41, 5.74) is 2.58. The van der Waals surface area contributed by atoms with Crippen molar-refractivity contribution in [2.45, 2.75) is 32.6 Å². The summed E-state index contributed by atoms with van der Waals surface area (Å²) in [6, 6.07) is 7.95. The van der Waals surface area contributed by atoms with Crippen LogP contribution in [0.3, 0.4) is 0 Å². The van der Waals surface area contributed by atoms with E-state index in [1.807, 2.05) is 37.3 Å². The van der Waals surface area contributed by atoms with Gasteiger partial charge in [0.15, 0.2) is 5.70 Å². The molecule has 0 saturated heterocycles. The molecule has 0 atom stereocenters. The molecule has 1 aromatic rings. The quantitative estimate of drug-likeness (QED) is 0.599. The first-order valence-corrected chi connectivity index (χ1v) is 6.82. The van der Waals surface area contributed by atoms with Crippen LogP contribution in [0.25, 0.3) is 6.08 Å².